The first-order chi connectivity index (χ1) is 4.72. The molecule has 0 aromatic heterocycles. The number of nitrogens with one attached hydrogen (secondary N) is 1. The summed E-state index contributed by atoms with van der Waals surface area (Å²) < 4.78 is 15.4. The van der Waals surface area contributed by atoms with Gasteiger partial charge in [-0.25, -0.2) is 0 Å². The summed E-state index contributed by atoms with van der Waals surface area (Å²) in [4.78, 5) is 0. The van der Waals surface area contributed by atoms with E-state index in [0.717, 1.165) is 0 Å². The van der Waals surface area contributed by atoms with E-state index in [9.17, 15) is 0 Å². The third-order valence-electron chi connectivity index (χ3n) is 1.25. The molecule has 0 spiro atoms. The lowest BCUT2D eigenvalue weighted by atomic mass is 9.77. The van der Waals surface area contributed by atoms with Gasteiger partial charge in [0, 0.05) is 0 Å². The van der Waals surface area contributed by atoms with Crippen LogP contribution in [-0.2, 0) is 13.7 Å². The standard InChI is InChI=1S/C3H10B3NO3/c1-4-8-5(2)10-6(7-3)9-4/h7H,1-3H3. The number of hydrogen-bond donors (Lipinski definition) is 1. The van der Waals surface area contributed by atoms with E-state index in [1.165, 1.54) is 0 Å². The predicted octanol–water partition coefficient (Wildman–Crippen LogP) is -0.510. The third-order valence-corrected chi connectivity index (χ3v) is 1.25. The van der Waals surface area contributed by atoms with Crippen LogP contribution in [0.1, 0.15) is 0 Å². The molecule has 4 nitrogen and oxygen atoms in total. The van der Waals surface area contributed by atoms with E-state index in [4.69, 9.17) is 13.7 Å². The van der Waals surface area contributed by atoms with Gasteiger partial charge in [-0.05, 0) is 20.7 Å². The van der Waals surface area contributed by atoms with Gasteiger partial charge in [0.05, 0.1) is 0 Å². The molecule has 0 atom stereocenters. The highest BCUT2D eigenvalue weighted by atomic mass is 16.7. The molecule has 0 aliphatic carbocycles. The van der Waals surface area contributed by atoms with Gasteiger partial charge in [0.2, 0.25) is 0 Å². The molecule has 1 aliphatic heterocycles. The fraction of sp³-hybridized carbons (Fsp3) is 1.00. The van der Waals surface area contributed by atoms with Crippen molar-refractivity contribution in [2.75, 3.05) is 7.05 Å². The lowest BCUT2D eigenvalue weighted by Crippen LogP contribution is -2.52. The molecule has 1 aliphatic rings. The van der Waals surface area contributed by atoms with Gasteiger partial charge in [0.25, 0.3) is 0 Å². The Morgan fingerprint density at radius 3 is 1.90 bits per heavy atom. The zero-order chi connectivity index (χ0) is 7.56. The molecular weight excluding hydrogens is 130 g/mol. The van der Waals surface area contributed by atoms with Crippen molar-refractivity contribution in [2.45, 2.75) is 13.6 Å². The first kappa shape index (κ1) is 8.13. The van der Waals surface area contributed by atoms with Crippen molar-refractivity contribution in [1.29, 1.82) is 0 Å². The van der Waals surface area contributed by atoms with Gasteiger partial charge >= 0.3 is 21.5 Å². The van der Waals surface area contributed by atoms with Crippen LogP contribution in [-0.4, -0.2) is 28.5 Å². The van der Waals surface area contributed by atoms with Crippen LogP contribution in [0.5, 0.6) is 0 Å². The maximum Gasteiger partial charge on any atom is 0.526 e. The zero-order valence-corrected chi connectivity index (χ0v) is 6.46. The topological polar surface area (TPSA) is 39.7 Å². The summed E-state index contributed by atoms with van der Waals surface area (Å²) >= 11 is 0. The Bertz CT molecular complexity index is 105. The summed E-state index contributed by atoms with van der Waals surface area (Å²) in [5.41, 5.74) is 0. The molecule has 0 aromatic rings. The van der Waals surface area contributed by atoms with Gasteiger partial charge in [-0.2, -0.15) is 0 Å². The summed E-state index contributed by atoms with van der Waals surface area (Å²) in [5.74, 6) is 0. The van der Waals surface area contributed by atoms with Crippen LogP contribution in [0.2, 0.25) is 13.6 Å². The second-order valence-electron chi connectivity index (χ2n) is 2.16. The average molecular weight is 141 g/mol. The third kappa shape index (κ3) is 2.02. The lowest BCUT2D eigenvalue weighted by Gasteiger charge is -2.26. The summed E-state index contributed by atoms with van der Waals surface area (Å²) in [7, 11) is 1.05. The minimum absolute atomic E-state index is 0.193. The molecule has 1 saturated heterocycles. The van der Waals surface area contributed by atoms with E-state index in [2.05, 4.69) is 5.23 Å². The Morgan fingerprint density at radius 1 is 1.00 bits per heavy atom. The Balaban J connectivity index is 2.35. The molecular formula is C3H10B3NO3. The highest BCUT2D eigenvalue weighted by Crippen LogP contribution is 2.04. The van der Waals surface area contributed by atoms with E-state index in [1.54, 1.807) is 7.05 Å². The molecule has 7 heteroatoms. The highest BCUT2D eigenvalue weighted by molar-refractivity contribution is 6.71. The van der Waals surface area contributed by atoms with Crippen LogP contribution in [0.3, 0.4) is 0 Å². The van der Waals surface area contributed by atoms with E-state index < -0.39 is 0 Å². The van der Waals surface area contributed by atoms with E-state index in [-0.39, 0.29) is 21.5 Å². The summed E-state index contributed by atoms with van der Waals surface area (Å²) in [5, 5.41) is 2.84. The van der Waals surface area contributed by atoms with E-state index >= 15 is 0 Å². The second kappa shape index (κ2) is 3.43. The fourth-order valence-electron chi connectivity index (χ4n) is 0.850. The Morgan fingerprint density at radius 2 is 1.50 bits per heavy atom. The molecule has 1 heterocycles. The second-order valence-corrected chi connectivity index (χ2v) is 2.16. The van der Waals surface area contributed by atoms with Crippen LogP contribution >= 0.6 is 0 Å². The minimum atomic E-state index is -0.334. The van der Waals surface area contributed by atoms with E-state index in [0.29, 0.717) is 0 Å². The molecule has 0 aromatic carbocycles. The first-order valence-electron chi connectivity index (χ1n) is 3.36. The average Bonchev–Trinajstić information content (AvgIpc) is 1.85. The Kier molecular flexibility index (Phi) is 2.79. The highest BCUT2D eigenvalue weighted by Gasteiger charge is 2.34. The van der Waals surface area contributed by atoms with Crippen molar-refractivity contribution < 1.29 is 13.7 Å². The number of hydrogen-bond acceptors (Lipinski definition) is 4. The summed E-state index contributed by atoms with van der Waals surface area (Å²) in [6.07, 6.45) is 0. The van der Waals surface area contributed by atoms with Gasteiger partial charge in [0.15, 0.2) is 0 Å². The van der Waals surface area contributed by atoms with Crippen LogP contribution < -0.4 is 5.23 Å². The molecule has 0 saturated carbocycles. The molecule has 0 radical (unpaired) electrons. The molecule has 0 amide bonds. The monoisotopic (exact) mass is 141 g/mol. The maximum absolute atomic E-state index is 5.15. The van der Waals surface area contributed by atoms with Gasteiger partial charge in [0.1, 0.15) is 0 Å². The van der Waals surface area contributed by atoms with Crippen LogP contribution in [0, 0.1) is 0 Å². The van der Waals surface area contributed by atoms with Crippen molar-refractivity contribution in [3.05, 3.63) is 0 Å². The van der Waals surface area contributed by atoms with Gasteiger partial charge in [-0.15, -0.1) is 0 Å². The Hall–Kier alpha value is 0.0348. The molecule has 1 fully saturated rings. The van der Waals surface area contributed by atoms with E-state index in [1.807, 2.05) is 13.6 Å². The maximum atomic E-state index is 5.15. The first-order valence-corrected chi connectivity index (χ1v) is 3.36. The lowest BCUT2D eigenvalue weighted by molar-refractivity contribution is 0.282. The minimum Gasteiger partial charge on any atom is -0.453 e. The van der Waals surface area contributed by atoms with Gasteiger partial charge in [-0.3, -0.25) is 0 Å². The van der Waals surface area contributed by atoms with Crippen LogP contribution in [0.25, 0.3) is 0 Å². The van der Waals surface area contributed by atoms with Gasteiger partial charge in [-0.1, -0.05) is 0 Å². The molecule has 0 unspecified atom stereocenters. The fourth-order valence-corrected chi connectivity index (χ4v) is 0.850. The van der Waals surface area contributed by atoms with Crippen molar-refractivity contribution in [3.63, 3.8) is 0 Å². The predicted molar refractivity (Wildman–Crippen MR) is 41.3 cm³/mol. The SMILES string of the molecule is CNB1OB(C)OB(C)O1. The quantitative estimate of drug-likeness (QED) is 0.498. The molecule has 0 bridgehead atoms. The molecule has 1 rings (SSSR count). The normalized spacial score (nSPS) is 20.1. The summed E-state index contributed by atoms with van der Waals surface area (Å²) in [6.45, 7) is 3.67. The largest absolute Gasteiger partial charge is 0.526 e. The Labute approximate surface area is 62.1 Å². The van der Waals surface area contributed by atoms with Crippen molar-refractivity contribution in [2.24, 2.45) is 0 Å². The smallest absolute Gasteiger partial charge is 0.453 e. The molecule has 10 heavy (non-hydrogen) atoms. The molecule has 1 N–H and O–H groups in total. The number of rotatable bonds is 1. The summed E-state index contributed by atoms with van der Waals surface area (Å²) in [6, 6.07) is 0. The zero-order valence-electron chi connectivity index (χ0n) is 6.46. The van der Waals surface area contributed by atoms with Crippen LogP contribution in [0.15, 0.2) is 0 Å². The van der Waals surface area contributed by atoms with Gasteiger partial charge < -0.3 is 18.9 Å². The van der Waals surface area contributed by atoms with Crippen molar-refractivity contribution in [1.82, 2.24) is 5.23 Å². The molecule has 54 valence electrons. The van der Waals surface area contributed by atoms with Crippen molar-refractivity contribution >= 4 is 21.5 Å². The van der Waals surface area contributed by atoms with Crippen molar-refractivity contribution in [3.8, 4) is 0 Å². The van der Waals surface area contributed by atoms with Crippen LogP contribution in [0.4, 0.5) is 0 Å².